The summed E-state index contributed by atoms with van der Waals surface area (Å²) in [4.78, 5) is 22.9. The van der Waals surface area contributed by atoms with Crippen LogP contribution in [0.5, 0.6) is 0 Å². The summed E-state index contributed by atoms with van der Waals surface area (Å²) in [6.45, 7) is 0.880. The molecule has 2 aromatic rings. The van der Waals surface area contributed by atoms with Gasteiger partial charge in [0.25, 0.3) is 0 Å². The molecular weight excluding hydrogens is 240 g/mol. The van der Waals surface area contributed by atoms with Gasteiger partial charge < -0.3 is 4.79 Å². The minimum absolute atomic E-state index is 0.0853. The molecule has 0 spiro atoms. The fraction of sp³-hybridized carbons (Fsp3) is 0.333. The van der Waals surface area contributed by atoms with E-state index in [0.717, 1.165) is 24.1 Å². The Bertz CT molecular complexity index is 636. The van der Waals surface area contributed by atoms with Gasteiger partial charge >= 0.3 is 5.69 Å². The van der Waals surface area contributed by atoms with Gasteiger partial charge in [-0.05, 0) is 24.3 Å². The van der Waals surface area contributed by atoms with Crippen molar-refractivity contribution in [3.8, 4) is 11.3 Å². The second kappa shape index (κ2) is 4.88. The van der Waals surface area contributed by atoms with Crippen molar-refractivity contribution in [1.29, 1.82) is 0 Å². The molecule has 98 valence electrons. The molecule has 3 rings (SSSR count). The third-order valence-corrected chi connectivity index (χ3v) is 3.52. The molecule has 19 heavy (non-hydrogen) atoms. The number of nitrogens with zero attached hydrogens (tertiary/aromatic N) is 2. The Balaban J connectivity index is 2.08. The topological polar surface area (TPSA) is 44.0 Å². The number of aldehydes is 1. The summed E-state index contributed by atoms with van der Waals surface area (Å²) in [6, 6.07) is 9.85. The van der Waals surface area contributed by atoms with Crippen LogP contribution in [0.3, 0.4) is 0 Å². The zero-order valence-electron chi connectivity index (χ0n) is 10.7. The lowest BCUT2D eigenvalue weighted by Gasteiger charge is -2.05. The Morgan fingerprint density at radius 3 is 2.58 bits per heavy atom. The third kappa shape index (κ3) is 2.38. The van der Waals surface area contributed by atoms with E-state index < -0.39 is 0 Å². The predicted molar refractivity (Wildman–Crippen MR) is 72.9 cm³/mol. The first-order chi connectivity index (χ1) is 9.29. The highest BCUT2D eigenvalue weighted by Gasteiger charge is 2.24. The number of imidazole rings is 1. The molecule has 1 fully saturated rings. The first-order valence-electron chi connectivity index (χ1n) is 6.58. The van der Waals surface area contributed by atoms with Crippen molar-refractivity contribution in [2.45, 2.75) is 25.9 Å². The second-order valence-electron chi connectivity index (χ2n) is 5.04. The number of hydrogen-bond donors (Lipinski definition) is 0. The lowest BCUT2D eigenvalue weighted by atomic mass is 10.1. The van der Waals surface area contributed by atoms with Crippen LogP contribution in [0.25, 0.3) is 11.3 Å². The summed E-state index contributed by atoms with van der Waals surface area (Å²) in [6.07, 6.45) is 4.94. The van der Waals surface area contributed by atoms with Crippen LogP contribution in [0.2, 0.25) is 0 Å². The Morgan fingerprint density at radius 1 is 1.21 bits per heavy atom. The van der Waals surface area contributed by atoms with Crippen LogP contribution < -0.4 is 5.69 Å². The Hall–Kier alpha value is -2.10. The van der Waals surface area contributed by atoms with Crippen LogP contribution in [0.1, 0.15) is 12.8 Å². The second-order valence-corrected chi connectivity index (χ2v) is 5.04. The minimum atomic E-state index is -0.0853. The third-order valence-electron chi connectivity index (χ3n) is 3.52. The quantitative estimate of drug-likeness (QED) is 0.767. The van der Waals surface area contributed by atoms with Crippen molar-refractivity contribution in [3.63, 3.8) is 0 Å². The standard InChI is InChI=1S/C15H16N2O2/c18-9-8-16-11-14(13-4-2-1-3-5-13)17(15(16)19)10-12-6-7-12/h1-5,9,11-12H,6-8,10H2. The molecular formula is C15H16N2O2. The van der Waals surface area contributed by atoms with Crippen molar-refractivity contribution in [1.82, 2.24) is 9.13 Å². The van der Waals surface area contributed by atoms with Crippen LogP contribution >= 0.6 is 0 Å². The molecule has 1 aliphatic carbocycles. The van der Waals surface area contributed by atoms with Gasteiger partial charge in [-0.25, -0.2) is 4.79 Å². The molecule has 0 saturated heterocycles. The van der Waals surface area contributed by atoms with Crippen LogP contribution in [-0.4, -0.2) is 15.4 Å². The lowest BCUT2D eigenvalue weighted by molar-refractivity contribution is -0.108. The van der Waals surface area contributed by atoms with Gasteiger partial charge in [0.1, 0.15) is 6.29 Å². The van der Waals surface area contributed by atoms with Crippen molar-refractivity contribution in [2.24, 2.45) is 5.92 Å². The van der Waals surface area contributed by atoms with E-state index in [1.54, 1.807) is 10.8 Å². The summed E-state index contributed by atoms with van der Waals surface area (Å²) in [5.41, 5.74) is 1.84. The van der Waals surface area contributed by atoms with Gasteiger partial charge in [0.2, 0.25) is 0 Å². The molecule has 4 heteroatoms. The molecule has 1 aliphatic rings. The molecule has 1 aromatic carbocycles. The molecule has 4 nitrogen and oxygen atoms in total. The minimum Gasteiger partial charge on any atom is -0.301 e. The molecule has 0 bridgehead atoms. The van der Waals surface area contributed by atoms with Gasteiger partial charge in [0, 0.05) is 12.7 Å². The molecule has 0 amide bonds. The zero-order chi connectivity index (χ0) is 13.2. The molecule has 1 heterocycles. The fourth-order valence-corrected chi connectivity index (χ4v) is 2.32. The van der Waals surface area contributed by atoms with E-state index in [1.807, 2.05) is 30.3 Å². The monoisotopic (exact) mass is 256 g/mol. The van der Waals surface area contributed by atoms with Crippen molar-refractivity contribution in [2.75, 3.05) is 0 Å². The predicted octanol–water partition coefficient (Wildman–Crippen LogP) is 1.93. The van der Waals surface area contributed by atoms with Gasteiger partial charge in [-0.1, -0.05) is 30.3 Å². The number of aromatic nitrogens is 2. The zero-order valence-corrected chi connectivity index (χ0v) is 10.7. The van der Waals surface area contributed by atoms with Crippen LogP contribution in [0, 0.1) is 5.92 Å². The maximum absolute atomic E-state index is 12.3. The van der Waals surface area contributed by atoms with E-state index in [-0.39, 0.29) is 12.2 Å². The average molecular weight is 256 g/mol. The molecule has 0 atom stereocenters. The normalized spacial score (nSPS) is 14.5. The Labute approximate surface area is 111 Å². The number of benzene rings is 1. The van der Waals surface area contributed by atoms with Gasteiger partial charge in [-0.2, -0.15) is 0 Å². The fourth-order valence-electron chi connectivity index (χ4n) is 2.32. The van der Waals surface area contributed by atoms with Crippen molar-refractivity contribution in [3.05, 3.63) is 47.0 Å². The molecule has 1 saturated carbocycles. The molecule has 0 radical (unpaired) electrons. The van der Waals surface area contributed by atoms with Gasteiger partial charge in [-0.15, -0.1) is 0 Å². The number of rotatable bonds is 5. The van der Waals surface area contributed by atoms with E-state index in [1.165, 1.54) is 17.4 Å². The van der Waals surface area contributed by atoms with E-state index in [4.69, 9.17) is 0 Å². The molecule has 0 N–H and O–H groups in total. The average Bonchev–Trinajstić information content (AvgIpc) is 3.20. The van der Waals surface area contributed by atoms with Crippen LogP contribution in [0.15, 0.2) is 41.3 Å². The maximum Gasteiger partial charge on any atom is 0.329 e. The molecule has 0 unspecified atom stereocenters. The maximum atomic E-state index is 12.3. The number of carbonyl (C=O) groups is 1. The summed E-state index contributed by atoms with van der Waals surface area (Å²) < 4.78 is 3.29. The highest BCUT2D eigenvalue weighted by molar-refractivity contribution is 5.59. The summed E-state index contributed by atoms with van der Waals surface area (Å²) in [5.74, 6) is 0.618. The van der Waals surface area contributed by atoms with E-state index in [0.29, 0.717) is 5.92 Å². The number of carbonyl (C=O) groups excluding carboxylic acids is 1. The molecule has 1 aromatic heterocycles. The van der Waals surface area contributed by atoms with Gasteiger partial charge in [-0.3, -0.25) is 9.13 Å². The lowest BCUT2D eigenvalue weighted by Crippen LogP contribution is -2.25. The molecule has 0 aliphatic heterocycles. The van der Waals surface area contributed by atoms with Crippen LogP contribution in [0.4, 0.5) is 0 Å². The van der Waals surface area contributed by atoms with Crippen molar-refractivity contribution < 1.29 is 4.79 Å². The smallest absolute Gasteiger partial charge is 0.301 e. The summed E-state index contributed by atoms with van der Waals surface area (Å²) in [5, 5.41) is 0. The Morgan fingerprint density at radius 2 is 1.95 bits per heavy atom. The van der Waals surface area contributed by atoms with E-state index in [9.17, 15) is 9.59 Å². The highest BCUT2D eigenvalue weighted by Crippen LogP contribution is 2.31. The summed E-state index contributed by atoms with van der Waals surface area (Å²) in [7, 11) is 0. The van der Waals surface area contributed by atoms with Gasteiger partial charge in [0.05, 0.1) is 12.2 Å². The van der Waals surface area contributed by atoms with E-state index in [2.05, 4.69) is 0 Å². The van der Waals surface area contributed by atoms with E-state index >= 15 is 0 Å². The first-order valence-corrected chi connectivity index (χ1v) is 6.58. The first kappa shape index (κ1) is 12.0. The number of hydrogen-bond acceptors (Lipinski definition) is 2. The van der Waals surface area contributed by atoms with Crippen LogP contribution in [-0.2, 0) is 17.9 Å². The highest BCUT2D eigenvalue weighted by atomic mass is 16.2. The summed E-state index contributed by atoms with van der Waals surface area (Å²) >= 11 is 0. The SMILES string of the molecule is O=CCn1cc(-c2ccccc2)n(CC2CC2)c1=O. The Kier molecular flexibility index (Phi) is 3.07. The largest absolute Gasteiger partial charge is 0.329 e. The van der Waals surface area contributed by atoms with Gasteiger partial charge in [0.15, 0.2) is 0 Å². The van der Waals surface area contributed by atoms with Crippen molar-refractivity contribution >= 4 is 6.29 Å².